The third-order valence-electron chi connectivity index (χ3n) is 5.40. The second-order valence-electron chi connectivity index (χ2n) is 7.36. The monoisotopic (exact) mass is 445 g/mol. The van der Waals surface area contributed by atoms with Gasteiger partial charge in [-0.05, 0) is 47.5 Å². The lowest BCUT2D eigenvalue weighted by Crippen LogP contribution is -2.29. The molecule has 0 saturated carbocycles. The van der Waals surface area contributed by atoms with Gasteiger partial charge >= 0.3 is 0 Å². The maximum Gasteiger partial charge on any atom is 0.295 e. The molecule has 1 aromatic heterocycles. The van der Waals surface area contributed by atoms with Gasteiger partial charge in [0, 0.05) is 36.6 Å². The first-order valence-electron chi connectivity index (χ1n) is 9.97. The van der Waals surface area contributed by atoms with Gasteiger partial charge in [-0.25, -0.2) is 0 Å². The molecule has 0 unspecified atom stereocenters. The Labute approximate surface area is 188 Å². The molecule has 2 aromatic carbocycles. The second kappa shape index (κ2) is 8.91. The van der Waals surface area contributed by atoms with Crippen LogP contribution in [0.2, 0.25) is 0 Å². The van der Waals surface area contributed by atoms with E-state index in [-0.39, 0.29) is 23.6 Å². The average Bonchev–Trinajstić information content (AvgIpc) is 3.09. The van der Waals surface area contributed by atoms with E-state index in [2.05, 4.69) is 4.98 Å². The third kappa shape index (κ3) is 4.16. The fourth-order valence-electron chi connectivity index (χ4n) is 3.79. The van der Waals surface area contributed by atoms with Crippen LogP contribution in [0.1, 0.15) is 22.7 Å². The lowest BCUT2D eigenvalue weighted by Gasteiger charge is -2.25. The topological polar surface area (TPSA) is 123 Å². The van der Waals surface area contributed by atoms with Gasteiger partial charge in [-0.1, -0.05) is 12.1 Å². The number of nitro groups is 1. The molecule has 1 atom stereocenters. The summed E-state index contributed by atoms with van der Waals surface area (Å²) in [6.07, 6.45) is 3.12. The van der Waals surface area contributed by atoms with Crippen LogP contribution in [0, 0.1) is 10.1 Å². The molecule has 1 N–H and O–H groups in total. The summed E-state index contributed by atoms with van der Waals surface area (Å²) in [6.45, 7) is 0.0554. The van der Waals surface area contributed by atoms with Gasteiger partial charge in [-0.2, -0.15) is 0 Å². The van der Waals surface area contributed by atoms with Crippen molar-refractivity contribution < 1.29 is 24.4 Å². The van der Waals surface area contributed by atoms with E-state index in [0.29, 0.717) is 22.4 Å². The van der Waals surface area contributed by atoms with Crippen molar-refractivity contribution in [3.05, 3.63) is 105 Å². The zero-order chi connectivity index (χ0) is 23.5. The maximum absolute atomic E-state index is 13.1. The van der Waals surface area contributed by atoms with Gasteiger partial charge < -0.3 is 14.7 Å². The SMILES string of the molecule is COc1ccc(C(O)=C2C(=O)C(=O)N(Cc3ccncc3)[C@@H]2c2cccc([N+](=O)[O-])c2)cc1. The van der Waals surface area contributed by atoms with Crippen molar-refractivity contribution in [2.45, 2.75) is 12.6 Å². The number of pyridine rings is 1. The quantitative estimate of drug-likeness (QED) is 0.202. The molecule has 2 heterocycles. The van der Waals surface area contributed by atoms with Crippen LogP contribution in [0.3, 0.4) is 0 Å². The first-order valence-corrected chi connectivity index (χ1v) is 9.97. The standard InChI is InChI=1S/C24H19N3O6/c1-33-19-7-5-16(6-8-19)22(28)20-21(17-3-2-4-18(13-17)27(31)32)26(24(30)23(20)29)14-15-9-11-25-12-10-15/h2-13,21,28H,14H2,1H3/t21-/m1/s1. The number of hydrogen-bond acceptors (Lipinski definition) is 7. The normalized spacial score (nSPS) is 17.2. The molecule has 33 heavy (non-hydrogen) atoms. The van der Waals surface area contributed by atoms with Crippen molar-refractivity contribution >= 4 is 23.1 Å². The molecule has 0 radical (unpaired) electrons. The van der Waals surface area contributed by atoms with Crippen molar-refractivity contribution in [3.63, 3.8) is 0 Å². The predicted octanol–water partition coefficient (Wildman–Crippen LogP) is 3.62. The van der Waals surface area contributed by atoms with Gasteiger partial charge in [0.1, 0.15) is 11.5 Å². The highest BCUT2D eigenvalue weighted by Crippen LogP contribution is 2.41. The number of Topliss-reactive ketones (excluding diaryl/α,β-unsaturated/α-hetero) is 1. The molecular formula is C24H19N3O6. The summed E-state index contributed by atoms with van der Waals surface area (Å²) in [7, 11) is 1.50. The van der Waals surface area contributed by atoms with Crippen LogP contribution in [0.25, 0.3) is 5.76 Å². The summed E-state index contributed by atoms with van der Waals surface area (Å²) in [5.41, 5.74) is 1.04. The Morgan fingerprint density at radius 1 is 1.12 bits per heavy atom. The van der Waals surface area contributed by atoms with E-state index in [0.717, 1.165) is 0 Å². The highest BCUT2D eigenvalue weighted by atomic mass is 16.6. The summed E-state index contributed by atoms with van der Waals surface area (Å²) in [5.74, 6) is -1.49. The number of nitro benzene ring substituents is 1. The molecule has 0 bridgehead atoms. The zero-order valence-corrected chi connectivity index (χ0v) is 17.5. The minimum absolute atomic E-state index is 0.0554. The van der Waals surface area contributed by atoms with Gasteiger partial charge in [-0.3, -0.25) is 24.7 Å². The van der Waals surface area contributed by atoms with Crippen LogP contribution < -0.4 is 4.74 Å². The summed E-state index contributed by atoms with van der Waals surface area (Å²) < 4.78 is 5.13. The smallest absolute Gasteiger partial charge is 0.295 e. The van der Waals surface area contributed by atoms with Gasteiger partial charge in [0.05, 0.1) is 23.6 Å². The number of carbonyl (C=O) groups excluding carboxylic acids is 2. The van der Waals surface area contributed by atoms with E-state index in [1.165, 1.54) is 30.2 Å². The molecule has 9 heteroatoms. The van der Waals surface area contributed by atoms with Crippen molar-refractivity contribution in [2.75, 3.05) is 7.11 Å². The van der Waals surface area contributed by atoms with Crippen LogP contribution >= 0.6 is 0 Å². The number of likely N-dealkylation sites (tertiary alicyclic amines) is 1. The third-order valence-corrected chi connectivity index (χ3v) is 5.40. The Balaban J connectivity index is 1.87. The van der Waals surface area contributed by atoms with E-state index in [1.54, 1.807) is 54.9 Å². The first kappa shape index (κ1) is 21.7. The molecular weight excluding hydrogens is 426 g/mol. The number of ketones is 1. The number of aliphatic hydroxyl groups excluding tert-OH is 1. The fraction of sp³-hybridized carbons (Fsp3) is 0.125. The number of non-ortho nitro benzene ring substituents is 1. The van der Waals surface area contributed by atoms with E-state index in [9.17, 15) is 24.8 Å². The van der Waals surface area contributed by atoms with Gasteiger partial charge in [-0.15, -0.1) is 0 Å². The fourth-order valence-corrected chi connectivity index (χ4v) is 3.79. The number of amides is 1. The van der Waals surface area contributed by atoms with Crippen LogP contribution in [0.15, 0.2) is 78.6 Å². The van der Waals surface area contributed by atoms with Crippen molar-refractivity contribution in [2.24, 2.45) is 0 Å². The van der Waals surface area contributed by atoms with E-state index < -0.39 is 22.7 Å². The Hall–Kier alpha value is -4.53. The minimum Gasteiger partial charge on any atom is -0.507 e. The average molecular weight is 445 g/mol. The number of aliphatic hydroxyl groups is 1. The Bertz CT molecular complexity index is 1250. The molecule has 3 aromatic rings. The van der Waals surface area contributed by atoms with Gasteiger partial charge in [0.25, 0.3) is 17.4 Å². The number of nitrogens with zero attached hydrogens (tertiary/aromatic N) is 3. The number of methoxy groups -OCH3 is 1. The molecule has 0 spiro atoms. The Morgan fingerprint density at radius 2 is 1.82 bits per heavy atom. The largest absolute Gasteiger partial charge is 0.507 e. The number of carbonyl (C=O) groups is 2. The molecule has 1 aliphatic heterocycles. The Kier molecular flexibility index (Phi) is 5.86. The molecule has 1 aliphatic rings. The number of rotatable bonds is 6. The molecule has 1 saturated heterocycles. The molecule has 1 fully saturated rings. The van der Waals surface area contributed by atoms with Gasteiger partial charge in [0.2, 0.25) is 0 Å². The molecule has 9 nitrogen and oxygen atoms in total. The zero-order valence-electron chi connectivity index (χ0n) is 17.5. The number of hydrogen-bond donors (Lipinski definition) is 1. The number of benzene rings is 2. The maximum atomic E-state index is 13.1. The lowest BCUT2D eigenvalue weighted by atomic mass is 9.95. The van der Waals surface area contributed by atoms with Crippen LogP contribution in [0.5, 0.6) is 5.75 Å². The summed E-state index contributed by atoms with van der Waals surface area (Å²) >= 11 is 0. The van der Waals surface area contributed by atoms with E-state index in [1.807, 2.05) is 0 Å². The highest BCUT2D eigenvalue weighted by molar-refractivity contribution is 6.46. The van der Waals surface area contributed by atoms with Crippen molar-refractivity contribution in [1.82, 2.24) is 9.88 Å². The Morgan fingerprint density at radius 3 is 2.45 bits per heavy atom. The number of ether oxygens (including phenoxy) is 1. The van der Waals surface area contributed by atoms with E-state index in [4.69, 9.17) is 4.74 Å². The van der Waals surface area contributed by atoms with Gasteiger partial charge in [0.15, 0.2) is 0 Å². The number of aromatic nitrogens is 1. The van der Waals surface area contributed by atoms with Crippen molar-refractivity contribution in [3.8, 4) is 5.75 Å². The van der Waals surface area contributed by atoms with Crippen LogP contribution in [-0.4, -0.2) is 38.7 Å². The lowest BCUT2D eigenvalue weighted by molar-refractivity contribution is -0.384. The molecule has 1 amide bonds. The second-order valence-corrected chi connectivity index (χ2v) is 7.36. The summed E-state index contributed by atoms with van der Waals surface area (Å²) in [6, 6.07) is 14.4. The first-order chi connectivity index (χ1) is 15.9. The summed E-state index contributed by atoms with van der Waals surface area (Å²) in [4.78, 5) is 42.1. The summed E-state index contributed by atoms with van der Waals surface area (Å²) in [5, 5.41) is 22.4. The predicted molar refractivity (Wildman–Crippen MR) is 118 cm³/mol. The van der Waals surface area contributed by atoms with Crippen LogP contribution in [-0.2, 0) is 16.1 Å². The van der Waals surface area contributed by atoms with E-state index >= 15 is 0 Å². The minimum atomic E-state index is -1.01. The highest BCUT2D eigenvalue weighted by Gasteiger charge is 2.46. The van der Waals surface area contributed by atoms with Crippen LogP contribution in [0.4, 0.5) is 5.69 Å². The van der Waals surface area contributed by atoms with Crippen molar-refractivity contribution in [1.29, 1.82) is 0 Å². The molecule has 166 valence electrons. The molecule has 4 rings (SSSR count). The molecule has 0 aliphatic carbocycles.